The van der Waals surface area contributed by atoms with Crippen LogP contribution in [0.3, 0.4) is 0 Å². The summed E-state index contributed by atoms with van der Waals surface area (Å²) in [6, 6.07) is 10.0. The molecule has 18 heavy (non-hydrogen) atoms. The van der Waals surface area contributed by atoms with Gasteiger partial charge in [-0.1, -0.05) is 24.3 Å². The van der Waals surface area contributed by atoms with Crippen molar-refractivity contribution in [1.82, 2.24) is 5.32 Å². The van der Waals surface area contributed by atoms with Crippen molar-refractivity contribution >= 4 is 21.8 Å². The molecule has 0 spiro atoms. The first-order valence-electron chi connectivity index (χ1n) is 5.84. The van der Waals surface area contributed by atoms with E-state index in [4.69, 9.17) is 4.42 Å². The van der Waals surface area contributed by atoms with Crippen molar-refractivity contribution in [2.24, 2.45) is 0 Å². The smallest absolute Gasteiger partial charge is 0.255 e. The molecular weight excluding hydrogens is 294 g/mol. The molecule has 1 amide bonds. The number of benzene rings is 1. The fraction of sp³-hybridized carbons (Fsp3) is 0.214. The summed E-state index contributed by atoms with van der Waals surface area (Å²) in [6.45, 7) is 0.674. The van der Waals surface area contributed by atoms with Crippen molar-refractivity contribution in [3.8, 4) is 0 Å². The highest BCUT2D eigenvalue weighted by molar-refractivity contribution is 9.10. The minimum Gasteiger partial charge on any atom is -0.457 e. The minimum absolute atomic E-state index is 0.0972. The maximum Gasteiger partial charge on any atom is 0.255 e. The fourth-order valence-corrected chi connectivity index (χ4v) is 2.73. The highest BCUT2D eigenvalue weighted by atomic mass is 79.9. The van der Waals surface area contributed by atoms with Crippen molar-refractivity contribution in [3.63, 3.8) is 0 Å². The molecule has 0 saturated heterocycles. The molecule has 1 aromatic heterocycles. The van der Waals surface area contributed by atoms with Gasteiger partial charge < -0.3 is 9.73 Å². The maximum absolute atomic E-state index is 11.9. The lowest BCUT2D eigenvalue weighted by Gasteiger charge is -2.30. The summed E-state index contributed by atoms with van der Waals surface area (Å²) >= 11 is 3.20. The van der Waals surface area contributed by atoms with E-state index in [1.165, 1.54) is 17.4 Å². The molecule has 0 saturated carbocycles. The molecule has 1 aliphatic carbocycles. The Morgan fingerprint density at radius 1 is 1.39 bits per heavy atom. The number of furan rings is 1. The molecule has 0 bridgehead atoms. The summed E-state index contributed by atoms with van der Waals surface area (Å²) in [7, 11) is 0. The summed E-state index contributed by atoms with van der Waals surface area (Å²) in [4.78, 5) is 11.9. The number of rotatable bonds is 3. The molecule has 3 rings (SSSR count). The van der Waals surface area contributed by atoms with E-state index in [1.807, 2.05) is 6.07 Å². The van der Waals surface area contributed by atoms with Crippen molar-refractivity contribution in [1.29, 1.82) is 0 Å². The van der Waals surface area contributed by atoms with Crippen LogP contribution in [0.25, 0.3) is 0 Å². The lowest BCUT2D eigenvalue weighted by atomic mass is 9.77. The molecule has 0 aliphatic heterocycles. The first kappa shape index (κ1) is 11.5. The van der Waals surface area contributed by atoms with Crippen LogP contribution in [0, 0.1) is 0 Å². The molecule has 4 heteroatoms. The van der Waals surface area contributed by atoms with E-state index < -0.39 is 0 Å². The van der Waals surface area contributed by atoms with Crippen LogP contribution in [0.5, 0.6) is 0 Å². The molecule has 1 aliphatic rings. The van der Waals surface area contributed by atoms with E-state index in [9.17, 15) is 4.79 Å². The molecule has 1 unspecified atom stereocenters. The molecular formula is C14H12BrNO2. The van der Waals surface area contributed by atoms with Crippen molar-refractivity contribution in [2.45, 2.75) is 12.3 Å². The number of hydrogen-bond acceptors (Lipinski definition) is 2. The predicted octanol–water partition coefficient (Wildman–Crippen LogP) is 3.11. The van der Waals surface area contributed by atoms with E-state index in [-0.39, 0.29) is 5.91 Å². The third-order valence-corrected chi connectivity index (χ3v) is 3.95. The van der Waals surface area contributed by atoms with Crippen molar-refractivity contribution in [2.75, 3.05) is 6.54 Å². The maximum atomic E-state index is 11.9. The van der Waals surface area contributed by atoms with Crippen LogP contribution in [0.4, 0.5) is 0 Å². The van der Waals surface area contributed by atoms with Crippen LogP contribution >= 0.6 is 15.9 Å². The SMILES string of the molecule is O=C(NCC1Cc2ccccc21)c1ccoc1Br. The average Bonchev–Trinajstić information content (AvgIpc) is 2.76. The van der Waals surface area contributed by atoms with Gasteiger partial charge in [0, 0.05) is 12.5 Å². The number of fused-ring (bicyclic) bond motifs is 1. The molecule has 1 heterocycles. The number of nitrogens with one attached hydrogen (secondary N) is 1. The Balaban J connectivity index is 1.61. The van der Waals surface area contributed by atoms with Gasteiger partial charge in [-0.3, -0.25) is 4.79 Å². The van der Waals surface area contributed by atoms with Crippen LogP contribution in [0.1, 0.15) is 27.4 Å². The summed E-state index contributed by atoms with van der Waals surface area (Å²) in [5, 5.41) is 2.94. The van der Waals surface area contributed by atoms with Gasteiger partial charge >= 0.3 is 0 Å². The van der Waals surface area contributed by atoms with Crippen molar-refractivity contribution < 1.29 is 9.21 Å². The van der Waals surface area contributed by atoms with Crippen LogP contribution in [0.15, 0.2) is 45.7 Å². The predicted molar refractivity (Wildman–Crippen MR) is 71.6 cm³/mol. The van der Waals surface area contributed by atoms with E-state index in [2.05, 4.69) is 39.4 Å². The van der Waals surface area contributed by atoms with Crippen LogP contribution in [-0.2, 0) is 6.42 Å². The van der Waals surface area contributed by atoms with E-state index in [0.717, 1.165) is 6.42 Å². The summed E-state index contributed by atoms with van der Waals surface area (Å²) < 4.78 is 5.53. The molecule has 2 aromatic rings. The topological polar surface area (TPSA) is 42.2 Å². The number of halogens is 1. The zero-order valence-electron chi connectivity index (χ0n) is 9.65. The van der Waals surface area contributed by atoms with Gasteiger partial charge in [-0.2, -0.15) is 0 Å². The van der Waals surface area contributed by atoms with Gasteiger partial charge in [0.05, 0.1) is 11.8 Å². The minimum atomic E-state index is -0.0972. The molecule has 1 aromatic carbocycles. The number of amides is 1. The normalized spacial score (nSPS) is 16.8. The second kappa shape index (κ2) is 4.61. The average molecular weight is 306 g/mol. The quantitative estimate of drug-likeness (QED) is 0.947. The zero-order chi connectivity index (χ0) is 12.5. The monoisotopic (exact) mass is 305 g/mol. The molecule has 0 fully saturated rings. The second-order valence-electron chi connectivity index (χ2n) is 4.42. The largest absolute Gasteiger partial charge is 0.457 e. The van der Waals surface area contributed by atoms with Crippen molar-refractivity contribution in [3.05, 3.63) is 58.0 Å². The third-order valence-electron chi connectivity index (χ3n) is 3.33. The Morgan fingerprint density at radius 3 is 2.94 bits per heavy atom. The molecule has 3 nitrogen and oxygen atoms in total. The van der Waals surface area contributed by atoms with Crippen LogP contribution < -0.4 is 5.32 Å². The Morgan fingerprint density at radius 2 is 2.22 bits per heavy atom. The van der Waals surface area contributed by atoms with Crippen LogP contribution in [-0.4, -0.2) is 12.5 Å². The highest BCUT2D eigenvalue weighted by Gasteiger charge is 2.26. The first-order chi connectivity index (χ1) is 8.75. The Bertz CT molecular complexity index is 591. The Labute approximate surface area is 113 Å². The first-order valence-corrected chi connectivity index (χ1v) is 6.64. The third kappa shape index (κ3) is 1.97. The lowest BCUT2D eigenvalue weighted by molar-refractivity contribution is 0.0948. The molecule has 1 N–H and O–H groups in total. The highest BCUT2D eigenvalue weighted by Crippen LogP contribution is 2.34. The van der Waals surface area contributed by atoms with Gasteiger partial charge in [-0.15, -0.1) is 0 Å². The van der Waals surface area contributed by atoms with E-state index in [0.29, 0.717) is 22.7 Å². The number of carbonyl (C=O) groups is 1. The Hall–Kier alpha value is -1.55. The second-order valence-corrected chi connectivity index (χ2v) is 5.14. The lowest BCUT2D eigenvalue weighted by Crippen LogP contribution is -2.33. The molecule has 0 radical (unpaired) electrons. The number of carbonyl (C=O) groups excluding carboxylic acids is 1. The zero-order valence-corrected chi connectivity index (χ0v) is 11.2. The van der Waals surface area contributed by atoms with E-state index in [1.54, 1.807) is 6.07 Å². The van der Waals surface area contributed by atoms with Crippen LogP contribution in [0.2, 0.25) is 0 Å². The van der Waals surface area contributed by atoms with Gasteiger partial charge in [0.2, 0.25) is 0 Å². The Kier molecular flexibility index (Phi) is 2.96. The number of hydrogen-bond donors (Lipinski definition) is 1. The van der Waals surface area contributed by atoms with Gasteiger partial charge in [0.15, 0.2) is 4.67 Å². The van der Waals surface area contributed by atoms with Gasteiger partial charge in [-0.25, -0.2) is 0 Å². The standard InChI is InChI=1S/C14H12BrNO2/c15-13-12(5-6-18-13)14(17)16-8-10-7-9-3-1-2-4-11(9)10/h1-6,10H,7-8H2,(H,16,17). The van der Waals surface area contributed by atoms with Gasteiger partial charge in [0.25, 0.3) is 5.91 Å². The molecule has 92 valence electrons. The summed E-state index contributed by atoms with van der Waals surface area (Å²) in [5.74, 6) is 0.343. The van der Waals surface area contributed by atoms with Gasteiger partial charge in [0.1, 0.15) is 0 Å². The van der Waals surface area contributed by atoms with Gasteiger partial charge in [-0.05, 0) is 39.5 Å². The fourth-order valence-electron chi connectivity index (χ4n) is 2.31. The summed E-state index contributed by atoms with van der Waals surface area (Å²) in [5.41, 5.74) is 3.29. The van der Waals surface area contributed by atoms with E-state index >= 15 is 0 Å². The molecule has 1 atom stereocenters. The summed E-state index contributed by atoms with van der Waals surface area (Å²) in [6.07, 6.45) is 2.54.